The van der Waals surface area contributed by atoms with E-state index >= 15 is 0 Å². The summed E-state index contributed by atoms with van der Waals surface area (Å²) in [5.41, 5.74) is 5.13. The number of halogens is 2. The predicted molar refractivity (Wildman–Crippen MR) is 124 cm³/mol. The Bertz CT molecular complexity index is 1270. The fourth-order valence-corrected chi connectivity index (χ4v) is 4.23. The summed E-state index contributed by atoms with van der Waals surface area (Å²) in [5.74, 6) is 3.14. The number of imidazole rings is 1. The minimum absolute atomic E-state index is 0. The number of nitrogens with zero attached hydrogens (tertiary/aromatic N) is 5. The molecule has 0 N–H and O–H groups in total. The molecule has 1 aliphatic rings. The maximum absolute atomic E-state index is 5.53. The molecule has 4 aromatic rings. The van der Waals surface area contributed by atoms with Gasteiger partial charge >= 0.3 is 0 Å². The lowest BCUT2D eigenvalue weighted by Crippen LogP contribution is -2.06. The number of hydrogen-bond acceptors (Lipinski definition) is 5. The van der Waals surface area contributed by atoms with E-state index < -0.39 is 0 Å². The lowest BCUT2D eigenvalue weighted by Gasteiger charge is -2.09. The largest absolute Gasteiger partial charge is 0.497 e. The van der Waals surface area contributed by atoms with Crippen LogP contribution in [0.2, 0.25) is 0 Å². The molecule has 0 saturated carbocycles. The molecule has 5 rings (SSSR count). The van der Waals surface area contributed by atoms with Gasteiger partial charge < -0.3 is 14.0 Å². The quantitative estimate of drug-likeness (QED) is 0.359. The third kappa shape index (κ3) is 3.70. The molecular formula is C22H21BrClN5O2. The highest BCUT2D eigenvalue weighted by atomic mass is 79.9. The average molecular weight is 503 g/mol. The molecule has 160 valence electrons. The number of fused-ring (bicyclic) bond motifs is 5. The molecule has 3 heterocycles. The van der Waals surface area contributed by atoms with Gasteiger partial charge in [-0.05, 0) is 43.3 Å². The second-order valence-corrected chi connectivity index (χ2v) is 8.09. The van der Waals surface area contributed by atoms with Crippen LogP contribution in [0.1, 0.15) is 22.8 Å². The monoisotopic (exact) mass is 501 g/mol. The van der Waals surface area contributed by atoms with Gasteiger partial charge in [0.15, 0.2) is 11.6 Å². The molecule has 7 nitrogen and oxygen atoms in total. The van der Waals surface area contributed by atoms with Crippen LogP contribution in [-0.2, 0) is 13.0 Å². The molecule has 0 radical (unpaired) electrons. The zero-order valence-corrected chi connectivity index (χ0v) is 19.7. The molecule has 0 aliphatic carbocycles. The first-order chi connectivity index (χ1) is 14.6. The zero-order chi connectivity index (χ0) is 20.8. The molecule has 0 unspecified atom stereocenters. The average Bonchev–Trinajstić information content (AvgIpc) is 3.28. The van der Waals surface area contributed by atoms with E-state index in [2.05, 4.69) is 37.6 Å². The van der Waals surface area contributed by atoms with Crippen LogP contribution in [0.4, 0.5) is 0 Å². The van der Waals surface area contributed by atoms with Crippen molar-refractivity contribution in [2.75, 3.05) is 14.2 Å². The smallest absolute Gasteiger partial charge is 0.160 e. The summed E-state index contributed by atoms with van der Waals surface area (Å²) in [5, 5.41) is 4.84. The van der Waals surface area contributed by atoms with Crippen molar-refractivity contribution in [3.05, 3.63) is 70.0 Å². The van der Waals surface area contributed by atoms with Crippen LogP contribution in [-0.4, -0.2) is 38.5 Å². The lowest BCUT2D eigenvalue weighted by atomic mass is 10.1. The molecule has 0 amide bonds. The van der Waals surface area contributed by atoms with E-state index in [1.165, 1.54) is 0 Å². The van der Waals surface area contributed by atoms with Crippen LogP contribution < -0.4 is 9.47 Å². The van der Waals surface area contributed by atoms with Gasteiger partial charge in [0.05, 0.1) is 44.2 Å². The third-order valence-electron chi connectivity index (χ3n) is 5.39. The van der Waals surface area contributed by atoms with E-state index in [-0.39, 0.29) is 12.4 Å². The van der Waals surface area contributed by atoms with Gasteiger partial charge in [0.25, 0.3) is 0 Å². The van der Waals surface area contributed by atoms with Crippen LogP contribution in [0.5, 0.6) is 11.5 Å². The molecule has 0 fully saturated rings. The number of aryl methyl sites for hydroxylation is 1. The number of benzene rings is 2. The molecule has 2 aromatic heterocycles. The minimum Gasteiger partial charge on any atom is -0.497 e. The Morgan fingerprint density at radius 2 is 1.94 bits per heavy atom. The van der Waals surface area contributed by atoms with Crippen molar-refractivity contribution >= 4 is 28.3 Å². The first kappa shape index (κ1) is 21.4. The number of methoxy groups -OCH3 is 2. The number of hydrogen-bond donors (Lipinski definition) is 0. The van der Waals surface area contributed by atoms with Gasteiger partial charge in [0.2, 0.25) is 0 Å². The first-order valence-electron chi connectivity index (χ1n) is 9.55. The first-order valence-corrected chi connectivity index (χ1v) is 10.3. The highest BCUT2D eigenvalue weighted by molar-refractivity contribution is 9.10. The van der Waals surface area contributed by atoms with Gasteiger partial charge in [-0.3, -0.25) is 0 Å². The van der Waals surface area contributed by atoms with Crippen LogP contribution in [0.15, 0.2) is 47.2 Å². The normalized spacial score (nSPS) is 11.6. The molecule has 0 atom stereocenters. The fraction of sp³-hybridized carbons (Fsp3) is 0.227. The summed E-state index contributed by atoms with van der Waals surface area (Å²) in [7, 11) is 3.32. The van der Waals surface area contributed by atoms with E-state index in [1.807, 2.05) is 42.2 Å². The Labute approximate surface area is 194 Å². The van der Waals surface area contributed by atoms with Crippen molar-refractivity contribution in [1.29, 1.82) is 0 Å². The minimum atomic E-state index is 0. The topological polar surface area (TPSA) is 67.0 Å². The van der Waals surface area contributed by atoms with E-state index in [4.69, 9.17) is 19.6 Å². The molecule has 0 saturated heterocycles. The van der Waals surface area contributed by atoms with Crippen molar-refractivity contribution in [2.45, 2.75) is 19.9 Å². The van der Waals surface area contributed by atoms with Crippen molar-refractivity contribution in [3.8, 4) is 28.6 Å². The number of rotatable bonds is 4. The lowest BCUT2D eigenvalue weighted by molar-refractivity contribution is 0.399. The van der Waals surface area contributed by atoms with Gasteiger partial charge in [0, 0.05) is 22.0 Å². The van der Waals surface area contributed by atoms with Crippen LogP contribution in [0.25, 0.3) is 17.1 Å². The molecule has 31 heavy (non-hydrogen) atoms. The maximum atomic E-state index is 5.53. The van der Waals surface area contributed by atoms with E-state index in [1.54, 1.807) is 14.2 Å². The van der Waals surface area contributed by atoms with Gasteiger partial charge in [0.1, 0.15) is 11.5 Å². The summed E-state index contributed by atoms with van der Waals surface area (Å²) in [6.07, 6.45) is 2.41. The zero-order valence-electron chi connectivity index (χ0n) is 17.3. The third-order valence-corrected chi connectivity index (χ3v) is 5.88. The Hall–Kier alpha value is -2.84. The summed E-state index contributed by atoms with van der Waals surface area (Å²) in [6.45, 7) is 2.63. The second kappa shape index (κ2) is 8.36. The van der Waals surface area contributed by atoms with E-state index in [9.17, 15) is 0 Å². The number of ether oxygens (including phenoxy) is 2. The van der Waals surface area contributed by atoms with Gasteiger partial charge in [-0.15, -0.1) is 12.4 Å². The Morgan fingerprint density at radius 1 is 1.10 bits per heavy atom. The molecular weight excluding hydrogens is 482 g/mol. The van der Waals surface area contributed by atoms with Gasteiger partial charge in [-0.2, -0.15) is 5.10 Å². The Morgan fingerprint density at radius 3 is 2.71 bits per heavy atom. The molecule has 2 aromatic carbocycles. The van der Waals surface area contributed by atoms with Crippen molar-refractivity contribution in [3.63, 3.8) is 0 Å². The van der Waals surface area contributed by atoms with Crippen molar-refractivity contribution < 1.29 is 9.47 Å². The second-order valence-electron chi connectivity index (χ2n) is 7.17. The molecule has 1 aliphatic heterocycles. The van der Waals surface area contributed by atoms with E-state index in [0.717, 1.165) is 55.8 Å². The van der Waals surface area contributed by atoms with Crippen molar-refractivity contribution in [2.24, 2.45) is 0 Å². The van der Waals surface area contributed by atoms with Crippen LogP contribution in [0.3, 0.4) is 0 Å². The summed E-state index contributed by atoms with van der Waals surface area (Å²) >= 11 is 3.60. The Balaban J connectivity index is 0.00000231. The summed E-state index contributed by atoms with van der Waals surface area (Å²) in [6, 6.07) is 12.0. The molecule has 9 heteroatoms. The van der Waals surface area contributed by atoms with Gasteiger partial charge in [-0.25, -0.2) is 14.6 Å². The summed E-state index contributed by atoms with van der Waals surface area (Å²) in [4.78, 5) is 9.42. The SMILES string of the molecule is COc1ccc(OC)c(Cc2nc3n(n2)Cc2c(C)ncn2-c2ccc(Br)cc2-3)c1.Cl. The predicted octanol–water partition coefficient (Wildman–Crippen LogP) is 4.59. The van der Waals surface area contributed by atoms with Crippen LogP contribution in [0, 0.1) is 6.92 Å². The van der Waals surface area contributed by atoms with Crippen molar-refractivity contribution in [1.82, 2.24) is 24.3 Å². The maximum Gasteiger partial charge on any atom is 0.160 e. The van der Waals surface area contributed by atoms with E-state index in [0.29, 0.717) is 13.0 Å². The highest BCUT2D eigenvalue weighted by Gasteiger charge is 2.24. The van der Waals surface area contributed by atoms with Crippen LogP contribution >= 0.6 is 28.3 Å². The van der Waals surface area contributed by atoms with Gasteiger partial charge in [-0.1, -0.05) is 15.9 Å². The molecule has 0 spiro atoms. The highest BCUT2D eigenvalue weighted by Crippen LogP contribution is 2.34. The summed E-state index contributed by atoms with van der Waals surface area (Å²) < 4.78 is 16.0. The fourth-order valence-electron chi connectivity index (χ4n) is 3.86. The molecule has 0 bridgehead atoms. The standard InChI is InChI=1S/C22H20BrN5O2.ClH/c1-13-19-11-28-22(17-10-15(23)4-6-18(17)27(19)12-24-13)25-21(26-28)9-14-8-16(29-2)5-7-20(14)30-3;/h4-8,10,12H,9,11H2,1-3H3;1H. The Kier molecular flexibility index (Phi) is 5.77. The number of aromatic nitrogens is 5.